The zero-order chi connectivity index (χ0) is 13.1. The van der Waals surface area contributed by atoms with Gasteiger partial charge in [0.1, 0.15) is 0 Å². The van der Waals surface area contributed by atoms with E-state index in [1.54, 1.807) is 0 Å². The molecular weight excluding hydrogens is 278 g/mol. The first-order valence-electron chi connectivity index (χ1n) is 6.04. The van der Waals surface area contributed by atoms with Crippen LogP contribution in [0.3, 0.4) is 0 Å². The first-order valence-corrected chi connectivity index (χ1v) is 6.83. The van der Waals surface area contributed by atoms with Gasteiger partial charge in [0.25, 0.3) is 0 Å². The molecule has 0 saturated carbocycles. The SMILES string of the molecule is CC(C)C(C)(O)CN[C@@H](C)c1ccc(Br)cc1. The predicted molar refractivity (Wildman–Crippen MR) is 76.0 cm³/mol. The summed E-state index contributed by atoms with van der Waals surface area (Å²) in [7, 11) is 0. The molecule has 1 rings (SSSR count). The quantitative estimate of drug-likeness (QED) is 0.872. The van der Waals surface area contributed by atoms with Crippen molar-refractivity contribution in [3.8, 4) is 0 Å². The summed E-state index contributed by atoms with van der Waals surface area (Å²) in [5.41, 5.74) is 0.566. The van der Waals surface area contributed by atoms with E-state index in [0.29, 0.717) is 6.54 Å². The minimum Gasteiger partial charge on any atom is -0.389 e. The summed E-state index contributed by atoms with van der Waals surface area (Å²) in [6, 6.07) is 8.49. The van der Waals surface area contributed by atoms with Crippen molar-refractivity contribution in [3.63, 3.8) is 0 Å². The lowest BCUT2D eigenvalue weighted by Crippen LogP contribution is -2.42. The molecule has 1 aromatic rings. The molecule has 0 aromatic heterocycles. The molecular formula is C14H22BrNO. The van der Waals surface area contributed by atoms with Crippen LogP contribution in [0, 0.1) is 5.92 Å². The van der Waals surface area contributed by atoms with Gasteiger partial charge in [-0.2, -0.15) is 0 Å². The lowest BCUT2D eigenvalue weighted by Gasteiger charge is -2.29. The summed E-state index contributed by atoms with van der Waals surface area (Å²) in [6.45, 7) is 8.65. The maximum Gasteiger partial charge on any atom is 0.0766 e. The monoisotopic (exact) mass is 299 g/mol. The zero-order valence-electron chi connectivity index (χ0n) is 11.0. The Hall–Kier alpha value is -0.380. The highest BCUT2D eigenvalue weighted by atomic mass is 79.9. The van der Waals surface area contributed by atoms with E-state index in [0.717, 1.165) is 4.47 Å². The Kier molecular flexibility index (Phi) is 5.17. The molecule has 1 aromatic carbocycles. The van der Waals surface area contributed by atoms with Crippen molar-refractivity contribution in [3.05, 3.63) is 34.3 Å². The minimum atomic E-state index is -0.663. The minimum absolute atomic E-state index is 0.243. The fourth-order valence-electron chi connectivity index (χ4n) is 1.43. The van der Waals surface area contributed by atoms with Gasteiger partial charge in [0, 0.05) is 17.1 Å². The molecule has 17 heavy (non-hydrogen) atoms. The van der Waals surface area contributed by atoms with Crippen molar-refractivity contribution in [2.24, 2.45) is 5.92 Å². The number of benzene rings is 1. The number of rotatable bonds is 5. The highest BCUT2D eigenvalue weighted by Crippen LogP contribution is 2.19. The summed E-state index contributed by atoms with van der Waals surface area (Å²) >= 11 is 3.42. The van der Waals surface area contributed by atoms with Crippen molar-refractivity contribution in [2.75, 3.05) is 6.54 Å². The van der Waals surface area contributed by atoms with Gasteiger partial charge in [-0.1, -0.05) is 41.9 Å². The van der Waals surface area contributed by atoms with Crippen molar-refractivity contribution in [2.45, 2.75) is 39.3 Å². The average molecular weight is 300 g/mol. The number of nitrogens with one attached hydrogen (secondary N) is 1. The summed E-state index contributed by atoms with van der Waals surface area (Å²) in [5, 5.41) is 13.5. The maximum absolute atomic E-state index is 10.2. The number of hydrogen-bond acceptors (Lipinski definition) is 2. The molecule has 0 aliphatic heterocycles. The van der Waals surface area contributed by atoms with Gasteiger partial charge in [-0.05, 0) is 37.5 Å². The van der Waals surface area contributed by atoms with Crippen LogP contribution < -0.4 is 5.32 Å². The number of halogens is 1. The summed E-state index contributed by atoms with van der Waals surface area (Å²) in [5.74, 6) is 0.243. The van der Waals surface area contributed by atoms with Crippen molar-refractivity contribution >= 4 is 15.9 Å². The first-order chi connectivity index (χ1) is 7.83. The Morgan fingerprint density at radius 2 is 1.76 bits per heavy atom. The Labute approximate surface area is 113 Å². The molecule has 2 atom stereocenters. The molecule has 0 fully saturated rings. The van der Waals surface area contributed by atoms with E-state index < -0.39 is 5.60 Å². The summed E-state index contributed by atoms with van der Waals surface area (Å²) in [6.07, 6.45) is 0. The smallest absolute Gasteiger partial charge is 0.0766 e. The van der Waals surface area contributed by atoms with E-state index in [1.807, 2.05) is 32.9 Å². The van der Waals surface area contributed by atoms with E-state index in [-0.39, 0.29) is 12.0 Å². The van der Waals surface area contributed by atoms with E-state index in [9.17, 15) is 5.11 Å². The lowest BCUT2D eigenvalue weighted by molar-refractivity contribution is 0.0122. The summed E-state index contributed by atoms with van der Waals surface area (Å²) in [4.78, 5) is 0. The van der Waals surface area contributed by atoms with Gasteiger partial charge in [-0.3, -0.25) is 0 Å². The molecule has 2 N–H and O–H groups in total. The molecule has 0 spiro atoms. The topological polar surface area (TPSA) is 32.3 Å². The molecule has 96 valence electrons. The van der Waals surface area contributed by atoms with E-state index in [2.05, 4.69) is 40.3 Å². The van der Waals surface area contributed by atoms with Crippen LogP contribution in [-0.2, 0) is 0 Å². The van der Waals surface area contributed by atoms with Crippen LogP contribution in [-0.4, -0.2) is 17.3 Å². The molecule has 3 heteroatoms. The highest BCUT2D eigenvalue weighted by Gasteiger charge is 2.25. The van der Waals surface area contributed by atoms with Gasteiger partial charge < -0.3 is 10.4 Å². The van der Waals surface area contributed by atoms with Gasteiger partial charge in [-0.25, -0.2) is 0 Å². The third-order valence-electron chi connectivity index (χ3n) is 3.38. The third-order valence-corrected chi connectivity index (χ3v) is 3.91. The molecule has 1 unspecified atom stereocenters. The maximum atomic E-state index is 10.2. The van der Waals surface area contributed by atoms with Crippen molar-refractivity contribution in [1.29, 1.82) is 0 Å². The molecule has 0 aliphatic rings. The third kappa shape index (κ3) is 4.41. The second-order valence-electron chi connectivity index (χ2n) is 5.17. The number of hydrogen-bond donors (Lipinski definition) is 2. The van der Waals surface area contributed by atoms with E-state index >= 15 is 0 Å². The van der Waals surface area contributed by atoms with Gasteiger partial charge in [0.15, 0.2) is 0 Å². The second-order valence-corrected chi connectivity index (χ2v) is 6.08. The highest BCUT2D eigenvalue weighted by molar-refractivity contribution is 9.10. The van der Waals surface area contributed by atoms with E-state index in [4.69, 9.17) is 0 Å². The van der Waals surface area contributed by atoms with Crippen LogP contribution in [0.2, 0.25) is 0 Å². The van der Waals surface area contributed by atoms with Crippen LogP contribution in [0.15, 0.2) is 28.7 Å². The fourth-order valence-corrected chi connectivity index (χ4v) is 1.70. The molecule has 0 amide bonds. The standard InChI is InChI=1S/C14H22BrNO/c1-10(2)14(4,17)9-16-11(3)12-5-7-13(15)8-6-12/h5-8,10-11,16-17H,9H2,1-4H3/t11-,14?/m0/s1. The van der Waals surface area contributed by atoms with Crippen LogP contribution >= 0.6 is 15.9 Å². The van der Waals surface area contributed by atoms with Crippen LogP contribution in [0.5, 0.6) is 0 Å². The van der Waals surface area contributed by atoms with Gasteiger partial charge in [0.05, 0.1) is 5.60 Å². The molecule has 0 bridgehead atoms. The predicted octanol–water partition coefficient (Wildman–Crippen LogP) is 3.51. The zero-order valence-corrected chi connectivity index (χ0v) is 12.6. The van der Waals surface area contributed by atoms with Crippen molar-refractivity contribution < 1.29 is 5.11 Å². The Morgan fingerprint density at radius 1 is 1.24 bits per heavy atom. The van der Waals surface area contributed by atoms with Crippen LogP contribution in [0.25, 0.3) is 0 Å². The molecule has 0 aliphatic carbocycles. The second kappa shape index (κ2) is 5.98. The molecule has 2 nitrogen and oxygen atoms in total. The van der Waals surface area contributed by atoms with Gasteiger partial charge in [0.2, 0.25) is 0 Å². The molecule has 0 radical (unpaired) electrons. The first kappa shape index (κ1) is 14.7. The van der Waals surface area contributed by atoms with Crippen LogP contribution in [0.4, 0.5) is 0 Å². The van der Waals surface area contributed by atoms with Crippen molar-refractivity contribution in [1.82, 2.24) is 5.32 Å². The van der Waals surface area contributed by atoms with Gasteiger partial charge >= 0.3 is 0 Å². The van der Waals surface area contributed by atoms with E-state index in [1.165, 1.54) is 5.56 Å². The Morgan fingerprint density at radius 3 is 2.24 bits per heavy atom. The lowest BCUT2D eigenvalue weighted by atomic mass is 9.92. The largest absolute Gasteiger partial charge is 0.389 e. The van der Waals surface area contributed by atoms with Gasteiger partial charge in [-0.15, -0.1) is 0 Å². The summed E-state index contributed by atoms with van der Waals surface area (Å²) < 4.78 is 1.09. The molecule has 0 saturated heterocycles. The normalized spacial score (nSPS) is 16.9. The Bertz CT molecular complexity index is 346. The van der Waals surface area contributed by atoms with Crippen LogP contribution in [0.1, 0.15) is 39.3 Å². The average Bonchev–Trinajstić information content (AvgIpc) is 2.27. The molecule has 0 heterocycles. The fraction of sp³-hybridized carbons (Fsp3) is 0.571. The Balaban J connectivity index is 2.55. The number of aliphatic hydroxyl groups is 1.